The molecule has 3 aromatic rings. The first-order chi connectivity index (χ1) is 18.6. The monoisotopic (exact) mass is 528 g/mol. The van der Waals surface area contributed by atoms with E-state index in [4.69, 9.17) is 18.9 Å². The van der Waals surface area contributed by atoms with E-state index in [1.165, 1.54) is 17.3 Å². The van der Waals surface area contributed by atoms with Crippen molar-refractivity contribution in [1.82, 2.24) is 5.32 Å². The van der Waals surface area contributed by atoms with Gasteiger partial charge in [-0.25, -0.2) is 4.99 Å². The molecular formula is C30H28N2O5S. The molecule has 1 saturated heterocycles. The number of ether oxygens (including phenoxy) is 4. The Bertz CT molecular complexity index is 1430. The molecule has 0 radical (unpaired) electrons. The van der Waals surface area contributed by atoms with Crippen molar-refractivity contribution in [3.63, 3.8) is 0 Å². The van der Waals surface area contributed by atoms with Crippen LogP contribution in [0.5, 0.6) is 23.0 Å². The number of amides is 1. The highest BCUT2D eigenvalue weighted by atomic mass is 32.2. The van der Waals surface area contributed by atoms with E-state index in [1.807, 2.05) is 66.7 Å². The van der Waals surface area contributed by atoms with Crippen LogP contribution in [-0.4, -0.2) is 25.0 Å². The molecule has 2 heterocycles. The average Bonchev–Trinajstić information content (AvgIpc) is 3.53. The van der Waals surface area contributed by atoms with Gasteiger partial charge in [-0.05, 0) is 83.8 Å². The second kappa shape index (κ2) is 11.5. The molecule has 3 aromatic carbocycles. The first kappa shape index (κ1) is 25.5. The average molecular weight is 529 g/mol. The van der Waals surface area contributed by atoms with Crippen LogP contribution in [0.3, 0.4) is 0 Å². The summed E-state index contributed by atoms with van der Waals surface area (Å²) in [5.41, 5.74) is 4.71. The lowest BCUT2D eigenvalue weighted by molar-refractivity contribution is -0.115. The Hall–Kier alpha value is -4.17. The van der Waals surface area contributed by atoms with Gasteiger partial charge in [-0.1, -0.05) is 31.2 Å². The summed E-state index contributed by atoms with van der Waals surface area (Å²) in [4.78, 5) is 17.8. The Labute approximate surface area is 226 Å². The zero-order valence-corrected chi connectivity index (χ0v) is 22.1. The van der Waals surface area contributed by atoms with Gasteiger partial charge in [-0.2, -0.15) is 0 Å². The molecule has 0 aromatic heterocycles. The number of nitrogens with zero attached hydrogens (tertiary/aromatic N) is 1. The second-order valence-corrected chi connectivity index (χ2v) is 9.71. The molecule has 2 aliphatic heterocycles. The van der Waals surface area contributed by atoms with Crippen LogP contribution in [0.2, 0.25) is 0 Å². The summed E-state index contributed by atoms with van der Waals surface area (Å²) in [6.07, 6.45) is 5.18. The van der Waals surface area contributed by atoms with E-state index in [2.05, 4.69) is 23.8 Å². The molecule has 194 valence electrons. The molecule has 0 bridgehead atoms. The number of thioether (sulfide) groups is 1. The molecule has 38 heavy (non-hydrogen) atoms. The molecule has 2 aliphatic rings. The highest BCUT2D eigenvalue weighted by Crippen LogP contribution is 2.37. The third-order valence-electron chi connectivity index (χ3n) is 6.08. The number of amidine groups is 1. The fraction of sp³-hybridized carbons (Fsp3) is 0.200. The maximum Gasteiger partial charge on any atom is 0.264 e. The summed E-state index contributed by atoms with van der Waals surface area (Å²) in [5.74, 6) is 2.46. The van der Waals surface area contributed by atoms with Crippen molar-refractivity contribution in [1.29, 1.82) is 0 Å². The Morgan fingerprint density at radius 2 is 1.87 bits per heavy atom. The van der Waals surface area contributed by atoms with E-state index in [1.54, 1.807) is 7.11 Å². The minimum Gasteiger partial charge on any atom is -0.493 e. The lowest BCUT2D eigenvalue weighted by Crippen LogP contribution is -2.19. The Morgan fingerprint density at radius 1 is 1.08 bits per heavy atom. The number of carbonyl (C=O) groups is 1. The number of methoxy groups -OCH3 is 1. The third-order valence-corrected chi connectivity index (χ3v) is 6.99. The number of benzene rings is 3. The normalized spacial score (nSPS) is 16.1. The number of nitrogens with one attached hydrogen (secondary N) is 1. The number of hydrogen-bond acceptors (Lipinski definition) is 7. The lowest BCUT2D eigenvalue weighted by Gasteiger charge is -2.16. The van der Waals surface area contributed by atoms with E-state index in [0.29, 0.717) is 40.3 Å². The SMILES string of the molecule is C=CCc1cc(/C=C2\SC(=Nc3ccc(CC)cc3)NC2=O)cc(OC)c1OCc1ccc2c(c1)OCO2. The van der Waals surface area contributed by atoms with E-state index in [9.17, 15) is 4.79 Å². The number of carbonyl (C=O) groups excluding carboxylic acids is 1. The van der Waals surface area contributed by atoms with Gasteiger partial charge in [0.1, 0.15) is 6.61 Å². The molecule has 0 spiro atoms. The quantitative estimate of drug-likeness (QED) is 0.264. The number of aryl methyl sites for hydroxylation is 1. The van der Waals surface area contributed by atoms with Gasteiger partial charge in [0.2, 0.25) is 6.79 Å². The largest absolute Gasteiger partial charge is 0.493 e. The smallest absolute Gasteiger partial charge is 0.264 e. The van der Waals surface area contributed by atoms with Crippen molar-refractivity contribution in [2.75, 3.05) is 13.9 Å². The first-order valence-electron chi connectivity index (χ1n) is 12.3. The van der Waals surface area contributed by atoms with E-state index in [-0.39, 0.29) is 12.7 Å². The van der Waals surface area contributed by atoms with E-state index >= 15 is 0 Å². The van der Waals surface area contributed by atoms with Crippen molar-refractivity contribution >= 4 is 34.6 Å². The van der Waals surface area contributed by atoms with Crippen LogP contribution in [0.1, 0.15) is 29.2 Å². The predicted molar refractivity (Wildman–Crippen MR) is 150 cm³/mol. The fourth-order valence-corrected chi connectivity index (χ4v) is 4.97. The molecular weight excluding hydrogens is 500 g/mol. The van der Waals surface area contributed by atoms with Gasteiger partial charge in [0.25, 0.3) is 5.91 Å². The zero-order chi connectivity index (χ0) is 26.5. The van der Waals surface area contributed by atoms with E-state index < -0.39 is 0 Å². The molecule has 0 saturated carbocycles. The van der Waals surface area contributed by atoms with E-state index in [0.717, 1.165) is 34.5 Å². The standard InChI is InChI=1S/C30H28N2O5S/c1-4-6-22-13-21(16-27-29(33)32-30(38-27)31-23-10-7-19(5-2)8-11-23)15-26(34-3)28(22)35-17-20-9-12-24-25(14-20)37-18-36-24/h4,7-16H,1,5-6,17-18H2,2-3H3,(H,31,32,33)/b27-16-. The number of aliphatic imine (C=N–C) groups is 1. The molecule has 0 aliphatic carbocycles. The number of allylic oxidation sites excluding steroid dienone is 1. The maximum absolute atomic E-state index is 12.7. The Morgan fingerprint density at radius 3 is 2.63 bits per heavy atom. The van der Waals surface area contributed by atoms with Crippen LogP contribution < -0.4 is 24.3 Å². The predicted octanol–water partition coefficient (Wildman–Crippen LogP) is 6.19. The van der Waals surface area contributed by atoms with Crippen LogP contribution in [0, 0.1) is 0 Å². The molecule has 5 rings (SSSR count). The highest BCUT2D eigenvalue weighted by Gasteiger charge is 2.24. The van der Waals surface area contributed by atoms with Gasteiger partial charge < -0.3 is 24.3 Å². The van der Waals surface area contributed by atoms with Gasteiger partial charge in [-0.15, -0.1) is 6.58 Å². The summed E-state index contributed by atoms with van der Waals surface area (Å²) in [6, 6.07) is 17.6. The van der Waals surface area contributed by atoms with Crippen LogP contribution >= 0.6 is 11.8 Å². The first-order valence-corrected chi connectivity index (χ1v) is 13.1. The van der Waals surface area contributed by atoms with Crippen molar-refractivity contribution in [3.8, 4) is 23.0 Å². The molecule has 1 N–H and O–H groups in total. The number of rotatable bonds is 9. The molecule has 0 atom stereocenters. The number of fused-ring (bicyclic) bond motifs is 1. The van der Waals surface area contributed by atoms with Crippen molar-refractivity contribution in [2.24, 2.45) is 4.99 Å². The molecule has 8 heteroatoms. The molecule has 1 fully saturated rings. The van der Waals surface area contributed by atoms with Gasteiger partial charge in [0.05, 0.1) is 17.7 Å². The minimum absolute atomic E-state index is 0.189. The summed E-state index contributed by atoms with van der Waals surface area (Å²) in [5, 5.41) is 3.40. The van der Waals surface area contributed by atoms with Crippen LogP contribution in [-0.2, 0) is 24.2 Å². The van der Waals surface area contributed by atoms with Crippen LogP contribution in [0.15, 0.2) is 77.1 Å². The van der Waals surface area contributed by atoms with Crippen molar-refractivity contribution in [3.05, 3.63) is 94.4 Å². The molecule has 0 unspecified atom stereocenters. The van der Waals surface area contributed by atoms with Crippen LogP contribution in [0.4, 0.5) is 5.69 Å². The summed E-state index contributed by atoms with van der Waals surface area (Å²) in [6.45, 7) is 6.55. The fourth-order valence-electron chi connectivity index (χ4n) is 4.13. The second-order valence-electron chi connectivity index (χ2n) is 8.68. The van der Waals surface area contributed by atoms with Crippen LogP contribution in [0.25, 0.3) is 6.08 Å². The molecule has 1 amide bonds. The van der Waals surface area contributed by atoms with Crippen molar-refractivity contribution in [2.45, 2.75) is 26.4 Å². The Balaban J connectivity index is 1.37. The maximum atomic E-state index is 12.7. The van der Waals surface area contributed by atoms with Gasteiger partial charge in [-0.3, -0.25) is 4.79 Å². The van der Waals surface area contributed by atoms with Gasteiger partial charge in [0, 0.05) is 5.56 Å². The zero-order valence-electron chi connectivity index (χ0n) is 21.3. The highest BCUT2D eigenvalue weighted by molar-refractivity contribution is 8.18. The summed E-state index contributed by atoms with van der Waals surface area (Å²) >= 11 is 1.31. The topological polar surface area (TPSA) is 78.4 Å². The van der Waals surface area contributed by atoms with Crippen molar-refractivity contribution < 1.29 is 23.7 Å². The lowest BCUT2D eigenvalue weighted by atomic mass is 10.0. The Kier molecular flexibility index (Phi) is 7.70. The van der Waals surface area contributed by atoms with Gasteiger partial charge >= 0.3 is 0 Å². The van der Waals surface area contributed by atoms with Gasteiger partial charge in [0.15, 0.2) is 28.2 Å². The third kappa shape index (κ3) is 5.70. The minimum atomic E-state index is -0.189. The summed E-state index contributed by atoms with van der Waals surface area (Å²) < 4.78 is 22.7. The molecule has 7 nitrogen and oxygen atoms in total. The summed E-state index contributed by atoms with van der Waals surface area (Å²) in [7, 11) is 1.60. The number of hydrogen-bond donors (Lipinski definition) is 1.